The van der Waals surface area contributed by atoms with Crippen molar-refractivity contribution < 1.29 is 8.42 Å². The number of rotatable bonds is 5. The molecule has 0 aromatic carbocycles. The average molecular weight is 238 g/mol. The Bertz CT molecular complexity index is 276. The van der Waals surface area contributed by atoms with Gasteiger partial charge in [0.25, 0.3) is 0 Å². The fraction of sp³-hybridized carbons (Fsp3) is 1.00. The maximum atomic E-state index is 12.3. The van der Waals surface area contributed by atoms with Crippen molar-refractivity contribution in [2.75, 3.05) is 0 Å². The van der Waals surface area contributed by atoms with Crippen LogP contribution in [0.2, 0.25) is 0 Å². The fourth-order valence-electron chi connectivity index (χ4n) is 1.38. The summed E-state index contributed by atoms with van der Waals surface area (Å²) in [6.45, 7) is 9.43. The number of sulfone groups is 1. The van der Waals surface area contributed by atoms with Crippen molar-refractivity contribution in [1.82, 2.24) is 0 Å². The Morgan fingerprint density at radius 2 is 1.36 bits per heavy atom. The Balaban J connectivity index is 5.35. The van der Waals surface area contributed by atoms with Gasteiger partial charge in [-0.15, -0.1) is 9.24 Å². The first-order valence-electron chi connectivity index (χ1n) is 5.21. The van der Waals surface area contributed by atoms with E-state index in [2.05, 4.69) is 9.24 Å². The third-order valence-corrected chi connectivity index (χ3v) is 8.19. The molecule has 14 heavy (non-hydrogen) atoms. The lowest BCUT2D eigenvalue weighted by atomic mass is 10.1. The van der Waals surface area contributed by atoms with E-state index in [1.54, 1.807) is 6.92 Å². The molecule has 0 fully saturated rings. The first-order valence-corrected chi connectivity index (χ1v) is 7.27. The van der Waals surface area contributed by atoms with E-state index >= 15 is 0 Å². The van der Waals surface area contributed by atoms with Crippen molar-refractivity contribution in [3.05, 3.63) is 0 Å². The van der Waals surface area contributed by atoms with Crippen LogP contribution in [0.25, 0.3) is 0 Å². The van der Waals surface area contributed by atoms with Gasteiger partial charge in [0.1, 0.15) is 0 Å². The fourth-order valence-corrected chi connectivity index (χ4v) is 4.50. The Morgan fingerprint density at radius 3 is 1.57 bits per heavy atom. The largest absolute Gasteiger partial charge is 0.227 e. The molecule has 0 amide bonds. The molecule has 0 aliphatic heterocycles. The molecular formula is C10H23O2PS. The van der Waals surface area contributed by atoms with E-state index in [1.165, 1.54) is 0 Å². The third-order valence-electron chi connectivity index (χ3n) is 3.46. The second kappa shape index (κ2) is 4.49. The Hall–Kier alpha value is 0.380. The van der Waals surface area contributed by atoms with Gasteiger partial charge in [-0.2, -0.15) is 0 Å². The third kappa shape index (κ3) is 2.14. The number of hydrogen-bond acceptors (Lipinski definition) is 2. The first-order chi connectivity index (χ1) is 6.18. The molecule has 0 aromatic heterocycles. The monoisotopic (exact) mass is 238 g/mol. The molecule has 0 aromatic rings. The van der Waals surface area contributed by atoms with E-state index < -0.39 is 19.1 Å². The van der Waals surface area contributed by atoms with Gasteiger partial charge in [-0.25, -0.2) is 8.42 Å². The highest BCUT2D eigenvalue weighted by atomic mass is 32.2. The van der Waals surface area contributed by atoms with E-state index in [4.69, 9.17) is 0 Å². The van der Waals surface area contributed by atoms with Crippen LogP contribution in [0.3, 0.4) is 0 Å². The van der Waals surface area contributed by atoms with Gasteiger partial charge >= 0.3 is 0 Å². The van der Waals surface area contributed by atoms with Crippen molar-refractivity contribution >= 4 is 19.1 Å². The van der Waals surface area contributed by atoms with Gasteiger partial charge in [0.05, 0.1) is 9.24 Å². The molecule has 0 spiro atoms. The minimum atomic E-state index is -3.09. The van der Waals surface area contributed by atoms with Crippen molar-refractivity contribution in [1.29, 1.82) is 0 Å². The quantitative estimate of drug-likeness (QED) is 0.690. The maximum absolute atomic E-state index is 12.3. The molecule has 0 saturated carbocycles. The normalized spacial score (nSPS) is 17.9. The Kier molecular flexibility index (Phi) is 4.61. The van der Waals surface area contributed by atoms with Crippen molar-refractivity contribution in [3.8, 4) is 0 Å². The predicted molar refractivity (Wildman–Crippen MR) is 66.3 cm³/mol. The summed E-state index contributed by atoms with van der Waals surface area (Å²) in [7, 11) is -0.592. The van der Waals surface area contributed by atoms with Crippen LogP contribution in [-0.4, -0.2) is 17.7 Å². The summed E-state index contributed by atoms with van der Waals surface area (Å²) in [5.74, 6) is 0. The summed E-state index contributed by atoms with van der Waals surface area (Å²) in [5, 5.41) is 0. The predicted octanol–water partition coefficient (Wildman–Crippen LogP) is 2.98. The molecule has 0 radical (unpaired) electrons. The highest BCUT2D eigenvalue weighted by molar-refractivity contribution is 7.97. The van der Waals surface area contributed by atoms with E-state index in [-0.39, 0.29) is 0 Å². The van der Waals surface area contributed by atoms with E-state index in [0.29, 0.717) is 19.3 Å². The van der Waals surface area contributed by atoms with E-state index in [1.807, 2.05) is 27.7 Å². The van der Waals surface area contributed by atoms with Gasteiger partial charge < -0.3 is 0 Å². The van der Waals surface area contributed by atoms with Crippen LogP contribution in [0.4, 0.5) is 0 Å². The highest BCUT2D eigenvalue weighted by Crippen LogP contribution is 2.40. The van der Waals surface area contributed by atoms with Gasteiger partial charge in [0, 0.05) is 0 Å². The molecule has 4 heteroatoms. The van der Waals surface area contributed by atoms with Crippen molar-refractivity contribution in [2.24, 2.45) is 0 Å². The van der Waals surface area contributed by atoms with Crippen LogP contribution in [-0.2, 0) is 9.84 Å². The van der Waals surface area contributed by atoms with Gasteiger partial charge in [0.15, 0.2) is 9.84 Å². The molecular weight excluding hydrogens is 215 g/mol. The molecule has 0 aliphatic rings. The minimum Gasteiger partial charge on any atom is -0.227 e. The van der Waals surface area contributed by atoms with Crippen LogP contribution in [0, 0.1) is 0 Å². The molecule has 0 saturated heterocycles. The zero-order chi connectivity index (χ0) is 11.6. The lowest BCUT2D eigenvalue weighted by molar-refractivity contribution is 0.490. The zero-order valence-corrected chi connectivity index (χ0v) is 11.9. The van der Waals surface area contributed by atoms with Crippen molar-refractivity contribution in [3.63, 3.8) is 0 Å². The Labute approximate surface area is 91.0 Å². The molecule has 0 heterocycles. The van der Waals surface area contributed by atoms with Gasteiger partial charge in [-0.3, -0.25) is 0 Å². The van der Waals surface area contributed by atoms with Crippen LogP contribution >= 0.6 is 9.24 Å². The van der Waals surface area contributed by atoms with E-state index in [0.717, 1.165) is 0 Å². The summed E-state index contributed by atoms with van der Waals surface area (Å²) in [6.07, 6.45) is 1.99. The summed E-state index contributed by atoms with van der Waals surface area (Å²) >= 11 is 0. The molecule has 0 aliphatic carbocycles. The number of hydrogen-bond donors (Lipinski definition) is 0. The lowest BCUT2D eigenvalue weighted by Gasteiger charge is -2.35. The molecule has 0 bridgehead atoms. The molecule has 0 N–H and O–H groups in total. The van der Waals surface area contributed by atoms with E-state index in [9.17, 15) is 8.42 Å². The minimum absolute atomic E-state index is 0.584. The van der Waals surface area contributed by atoms with Gasteiger partial charge in [0.2, 0.25) is 0 Å². The second-order valence-electron chi connectivity index (χ2n) is 4.33. The summed E-state index contributed by atoms with van der Waals surface area (Å²) in [5.41, 5.74) is 0. The zero-order valence-electron chi connectivity index (χ0n) is 9.92. The molecule has 0 rings (SSSR count). The summed E-state index contributed by atoms with van der Waals surface area (Å²) in [4.78, 5) is 0. The second-order valence-corrected chi connectivity index (χ2v) is 8.94. The van der Waals surface area contributed by atoms with Gasteiger partial charge in [-0.1, -0.05) is 20.8 Å². The highest BCUT2D eigenvalue weighted by Gasteiger charge is 2.45. The van der Waals surface area contributed by atoms with Crippen LogP contribution in [0.5, 0.6) is 0 Å². The van der Waals surface area contributed by atoms with Crippen LogP contribution < -0.4 is 0 Å². The van der Waals surface area contributed by atoms with Crippen LogP contribution in [0.15, 0.2) is 0 Å². The molecule has 2 unspecified atom stereocenters. The average Bonchev–Trinajstić information content (AvgIpc) is 2.15. The topological polar surface area (TPSA) is 34.1 Å². The summed E-state index contributed by atoms with van der Waals surface area (Å²) < 4.78 is 23.4. The van der Waals surface area contributed by atoms with Crippen molar-refractivity contribution in [2.45, 2.75) is 63.1 Å². The molecule has 86 valence electrons. The van der Waals surface area contributed by atoms with Crippen LogP contribution in [0.1, 0.15) is 53.9 Å². The smallest absolute Gasteiger partial charge is 0.164 e. The SMILES string of the molecule is CCC(C)(P)S(=O)(=O)C(C)(CC)CC. The Morgan fingerprint density at radius 1 is 1.00 bits per heavy atom. The first kappa shape index (κ1) is 14.4. The molecule has 2 nitrogen and oxygen atoms in total. The van der Waals surface area contributed by atoms with Gasteiger partial charge in [-0.05, 0) is 33.1 Å². The standard InChI is InChI=1S/C10H23O2PS/c1-6-9(4,7-2)14(11,12)10(5,13)8-3/h6-8,13H2,1-5H3. The lowest BCUT2D eigenvalue weighted by Crippen LogP contribution is -2.44. The summed E-state index contributed by atoms with van der Waals surface area (Å²) in [6, 6.07) is 0. The molecule has 2 atom stereocenters. The maximum Gasteiger partial charge on any atom is 0.164 e.